The molecule has 2 heterocycles. The fourth-order valence-corrected chi connectivity index (χ4v) is 4.45. The first kappa shape index (κ1) is 17.7. The molecule has 2 fully saturated rings. The Labute approximate surface area is 160 Å². The first-order valence-electron chi connectivity index (χ1n) is 9.75. The van der Waals surface area contributed by atoms with E-state index < -0.39 is 0 Å². The number of piperazine rings is 1. The minimum absolute atomic E-state index is 0.244. The third-order valence-corrected chi connectivity index (χ3v) is 6.08. The van der Waals surface area contributed by atoms with Gasteiger partial charge in [0.1, 0.15) is 0 Å². The smallest absolute Gasteiger partial charge is 0.168 e. The second-order valence-electron chi connectivity index (χ2n) is 7.45. The summed E-state index contributed by atoms with van der Waals surface area (Å²) in [5.74, 6) is 1.02. The van der Waals surface area contributed by atoms with Gasteiger partial charge in [-0.3, -0.25) is 4.90 Å². The Kier molecular flexibility index (Phi) is 5.41. The van der Waals surface area contributed by atoms with Crippen molar-refractivity contribution in [2.45, 2.75) is 51.1 Å². The van der Waals surface area contributed by atoms with Crippen molar-refractivity contribution in [2.24, 2.45) is 0 Å². The van der Waals surface area contributed by atoms with Gasteiger partial charge in [-0.25, -0.2) is 4.68 Å². The van der Waals surface area contributed by atoms with Gasteiger partial charge in [0.2, 0.25) is 0 Å². The monoisotopic (exact) mass is 374 g/mol. The normalized spacial score (nSPS) is 21.1. The molecule has 1 saturated carbocycles. The quantitative estimate of drug-likeness (QED) is 0.816. The van der Waals surface area contributed by atoms with Crippen LogP contribution in [-0.2, 0) is 0 Å². The van der Waals surface area contributed by atoms with Crippen LogP contribution in [0.3, 0.4) is 0 Å². The van der Waals surface area contributed by atoms with E-state index in [1.54, 1.807) is 0 Å². The van der Waals surface area contributed by atoms with Crippen molar-refractivity contribution < 1.29 is 0 Å². The van der Waals surface area contributed by atoms with E-state index in [0.29, 0.717) is 6.04 Å². The largest absolute Gasteiger partial charge is 0.369 e. The van der Waals surface area contributed by atoms with Crippen LogP contribution in [0.2, 0.25) is 5.02 Å². The van der Waals surface area contributed by atoms with Crippen molar-refractivity contribution in [3.63, 3.8) is 0 Å². The highest BCUT2D eigenvalue weighted by Crippen LogP contribution is 2.31. The van der Waals surface area contributed by atoms with Crippen LogP contribution in [0.5, 0.6) is 0 Å². The fraction of sp³-hybridized carbons (Fsp3) is 0.632. The van der Waals surface area contributed by atoms with Gasteiger partial charge in [0.05, 0.1) is 12.1 Å². The van der Waals surface area contributed by atoms with Gasteiger partial charge in [0.25, 0.3) is 0 Å². The summed E-state index contributed by atoms with van der Waals surface area (Å²) in [5, 5.41) is 13.5. The van der Waals surface area contributed by atoms with E-state index in [1.165, 1.54) is 37.8 Å². The van der Waals surface area contributed by atoms with Gasteiger partial charge < -0.3 is 4.90 Å². The molecular weight excluding hydrogens is 348 g/mol. The van der Waals surface area contributed by atoms with Crippen molar-refractivity contribution in [3.05, 3.63) is 35.1 Å². The van der Waals surface area contributed by atoms with Gasteiger partial charge >= 0.3 is 0 Å². The molecule has 0 radical (unpaired) electrons. The maximum atomic E-state index is 6.14. The third-order valence-electron chi connectivity index (χ3n) is 5.85. The number of tetrazole rings is 1. The first-order valence-corrected chi connectivity index (χ1v) is 10.1. The molecule has 1 saturated heterocycles. The molecule has 1 aliphatic heterocycles. The van der Waals surface area contributed by atoms with E-state index >= 15 is 0 Å². The van der Waals surface area contributed by atoms with Crippen LogP contribution in [0.4, 0.5) is 5.69 Å². The molecule has 0 bridgehead atoms. The van der Waals surface area contributed by atoms with Crippen molar-refractivity contribution in [2.75, 3.05) is 31.1 Å². The second kappa shape index (κ2) is 7.92. The SMILES string of the molecule is C[C@H](c1nnnn1C1CCCCC1)N1CCN(c2cccc(Cl)c2)CC1. The highest BCUT2D eigenvalue weighted by molar-refractivity contribution is 6.30. The summed E-state index contributed by atoms with van der Waals surface area (Å²) in [7, 11) is 0. The lowest BCUT2D eigenvalue weighted by atomic mass is 9.95. The van der Waals surface area contributed by atoms with Gasteiger partial charge in [-0.2, -0.15) is 0 Å². The Hall–Kier alpha value is -1.66. The maximum Gasteiger partial charge on any atom is 0.168 e. The Balaban J connectivity index is 1.41. The molecule has 7 heteroatoms. The molecule has 0 amide bonds. The van der Waals surface area contributed by atoms with Crippen LogP contribution in [0.15, 0.2) is 24.3 Å². The van der Waals surface area contributed by atoms with E-state index in [4.69, 9.17) is 11.6 Å². The molecule has 0 N–H and O–H groups in total. The molecule has 1 aromatic carbocycles. The highest BCUT2D eigenvalue weighted by atomic mass is 35.5. The van der Waals surface area contributed by atoms with Crippen LogP contribution in [-0.4, -0.2) is 51.3 Å². The lowest BCUT2D eigenvalue weighted by molar-refractivity contribution is 0.180. The zero-order valence-electron chi connectivity index (χ0n) is 15.4. The lowest BCUT2D eigenvalue weighted by Crippen LogP contribution is -2.47. The van der Waals surface area contributed by atoms with Crippen LogP contribution < -0.4 is 4.90 Å². The van der Waals surface area contributed by atoms with Crippen molar-refractivity contribution in [1.82, 2.24) is 25.1 Å². The molecule has 0 spiro atoms. The maximum absolute atomic E-state index is 6.14. The lowest BCUT2D eigenvalue weighted by Gasteiger charge is -2.39. The number of rotatable bonds is 4. The molecule has 2 aromatic rings. The molecule has 1 atom stereocenters. The van der Waals surface area contributed by atoms with Crippen LogP contribution >= 0.6 is 11.6 Å². The standard InChI is InChI=1S/C19H27ClN6/c1-15(19-21-22-23-26(19)17-7-3-2-4-8-17)24-10-12-25(13-11-24)18-9-5-6-16(20)14-18/h5-6,9,14-15,17H,2-4,7-8,10-13H2,1H3/t15-/m1/s1. The topological polar surface area (TPSA) is 50.1 Å². The molecule has 1 aromatic heterocycles. The van der Waals surface area contributed by atoms with Crippen LogP contribution in [0.1, 0.15) is 56.9 Å². The summed E-state index contributed by atoms with van der Waals surface area (Å²) in [6.07, 6.45) is 6.32. The molecule has 2 aliphatic rings. The van der Waals surface area contributed by atoms with Gasteiger partial charge in [-0.1, -0.05) is 36.9 Å². The minimum Gasteiger partial charge on any atom is -0.369 e. The Morgan fingerprint density at radius 3 is 2.58 bits per heavy atom. The average molecular weight is 375 g/mol. The molecule has 6 nitrogen and oxygen atoms in total. The third kappa shape index (κ3) is 3.71. The molecule has 26 heavy (non-hydrogen) atoms. The second-order valence-corrected chi connectivity index (χ2v) is 7.89. The summed E-state index contributed by atoms with van der Waals surface area (Å²) in [5.41, 5.74) is 1.21. The average Bonchev–Trinajstić information content (AvgIpc) is 3.18. The van der Waals surface area contributed by atoms with E-state index in [9.17, 15) is 0 Å². The van der Waals surface area contributed by atoms with E-state index in [1.807, 2.05) is 18.2 Å². The molecule has 0 unspecified atom stereocenters. The first-order chi connectivity index (χ1) is 12.7. The molecule has 4 rings (SSSR count). The number of halogens is 1. The molecule has 1 aliphatic carbocycles. The molecular formula is C19H27ClN6. The van der Waals surface area contributed by atoms with E-state index in [0.717, 1.165) is 37.0 Å². The number of nitrogens with zero attached hydrogens (tertiary/aromatic N) is 6. The minimum atomic E-state index is 0.244. The molecule has 140 valence electrons. The number of hydrogen-bond donors (Lipinski definition) is 0. The number of benzene rings is 1. The predicted molar refractivity (Wildman–Crippen MR) is 104 cm³/mol. The fourth-order valence-electron chi connectivity index (χ4n) is 4.26. The zero-order valence-corrected chi connectivity index (χ0v) is 16.1. The zero-order chi connectivity index (χ0) is 17.9. The Bertz CT molecular complexity index is 718. The van der Waals surface area contributed by atoms with Crippen LogP contribution in [0.25, 0.3) is 0 Å². The van der Waals surface area contributed by atoms with Gasteiger partial charge in [-0.15, -0.1) is 5.10 Å². The van der Waals surface area contributed by atoms with Crippen molar-refractivity contribution in [1.29, 1.82) is 0 Å². The van der Waals surface area contributed by atoms with E-state index in [-0.39, 0.29) is 6.04 Å². The van der Waals surface area contributed by atoms with Crippen molar-refractivity contribution in [3.8, 4) is 0 Å². The van der Waals surface area contributed by atoms with Gasteiger partial charge in [0.15, 0.2) is 5.82 Å². The van der Waals surface area contributed by atoms with E-state index in [2.05, 4.69) is 43.0 Å². The highest BCUT2D eigenvalue weighted by Gasteiger charge is 2.28. The van der Waals surface area contributed by atoms with Crippen molar-refractivity contribution >= 4 is 17.3 Å². The number of aromatic nitrogens is 4. The number of anilines is 1. The Morgan fingerprint density at radius 1 is 1.08 bits per heavy atom. The summed E-state index contributed by atoms with van der Waals surface area (Å²) >= 11 is 6.14. The Morgan fingerprint density at radius 2 is 1.85 bits per heavy atom. The van der Waals surface area contributed by atoms with Crippen LogP contribution in [0, 0.1) is 0 Å². The summed E-state index contributed by atoms with van der Waals surface area (Å²) in [6, 6.07) is 8.84. The van der Waals surface area contributed by atoms with Gasteiger partial charge in [-0.05, 0) is 48.4 Å². The summed E-state index contributed by atoms with van der Waals surface area (Å²) < 4.78 is 2.10. The number of hydrogen-bond acceptors (Lipinski definition) is 5. The van der Waals surface area contributed by atoms with Gasteiger partial charge in [0, 0.05) is 36.9 Å². The summed E-state index contributed by atoms with van der Waals surface area (Å²) in [4.78, 5) is 4.89. The summed E-state index contributed by atoms with van der Waals surface area (Å²) in [6.45, 7) is 6.24. The predicted octanol–water partition coefficient (Wildman–Crippen LogP) is 3.71.